The van der Waals surface area contributed by atoms with E-state index >= 15 is 0 Å². The summed E-state index contributed by atoms with van der Waals surface area (Å²) in [4.78, 5) is 9.60. The summed E-state index contributed by atoms with van der Waals surface area (Å²) in [6, 6.07) is 0. The Labute approximate surface area is 102 Å². The van der Waals surface area contributed by atoms with Crippen molar-refractivity contribution in [2.75, 3.05) is 0 Å². The lowest BCUT2D eigenvalue weighted by Gasteiger charge is -2.18. The number of carboxylic acids is 1. The molecular weight excluding hydrogens is 292 g/mol. The van der Waals surface area contributed by atoms with Gasteiger partial charge in [0.2, 0.25) is 6.17 Å². The van der Waals surface area contributed by atoms with E-state index in [0.717, 1.165) is 0 Å². The molecule has 3 unspecified atom stereocenters. The van der Waals surface area contributed by atoms with Crippen molar-refractivity contribution in [2.45, 2.75) is 38.0 Å². The molecule has 0 rings (SSSR count). The molecule has 0 spiro atoms. The Morgan fingerprint density at radius 2 is 1.37 bits per heavy atom. The standard InChI is InChI=1S/C5H4F8.C4H6O2/c6-1(2(7)4(9)10)3(8)5(11,12)13;1-3(2)4(5)6/h1-4H;1H2,2H3,(H,5,6). The first-order chi connectivity index (χ1) is 8.32. The van der Waals surface area contributed by atoms with Crippen LogP contribution in [0.25, 0.3) is 0 Å². The van der Waals surface area contributed by atoms with Gasteiger partial charge in [-0.05, 0) is 6.92 Å². The van der Waals surface area contributed by atoms with Crippen LogP contribution in [-0.2, 0) is 4.79 Å². The highest BCUT2D eigenvalue weighted by molar-refractivity contribution is 5.84. The first-order valence-corrected chi connectivity index (χ1v) is 4.48. The molecular formula is C9H10F8O2. The summed E-state index contributed by atoms with van der Waals surface area (Å²) in [5, 5.41) is 7.89. The molecule has 0 heterocycles. The molecule has 1 N–H and O–H groups in total. The van der Waals surface area contributed by atoms with Crippen molar-refractivity contribution in [2.24, 2.45) is 0 Å². The van der Waals surface area contributed by atoms with E-state index in [1.54, 1.807) is 0 Å². The van der Waals surface area contributed by atoms with Gasteiger partial charge >= 0.3 is 12.1 Å². The van der Waals surface area contributed by atoms with Crippen LogP contribution >= 0.6 is 0 Å². The van der Waals surface area contributed by atoms with E-state index in [2.05, 4.69) is 6.58 Å². The van der Waals surface area contributed by atoms with Crippen molar-refractivity contribution in [3.63, 3.8) is 0 Å². The summed E-state index contributed by atoms with van der Waals surface area (Å²) in [5.41, 5.74) is 0.176. The Kier molecular flexibility index (Phi) is 8.36. The quantitative estimate of drug-likeness (QED) is 0.638. The number of alkyl halides is 8. The monoisotopic (exact) mass is 302 g/mol. The van der Waals surface area contributed by atoms with Gasteiger partial charge in [-0.25, -0.2) is 26.7 Å². The molecule has 0 aromatic carbocycles. The summed E-state index contributed by atoms with van der Waals surface area (Å²) in [6.45, 7) is 4.60. The third-order valence-corrected chi connectivity index (χ3v) is 1.50. The zero-order valence-corrected chi connectivity index (χ0v) is 9.40. The number of hydrogen-bond acceptors (Lipinski definition) is 1. The van der Waals surface area contributed by atoms with Crippen LogP contribution in [-0.4, -0.2) is 42.2 Å². The van der Waals surface area contributed by atoms with Gasteiger partial charge < -0.3 is 5.11 Å². The fourth-order valence-electron chi connectivity index (χ4n) is 0.481. The second-order valence-corrected chi connectivity index (χ2v) is 3.25. The molecule has 0 aromatic heterocycles. The van der Waals surface area contributed by atoms with Crippen molar-refractivity contribution >= 4 is 5.97 Å². The number of aliphatic carboxylic acids is 1. The third-order valence-electron chi connectivity index (χ3n) is 1.50. The zero-order valence-electron chi connectivity index (χ0n) is 9.40. The summed E-state index contributed by atoms with van der Waals surface area (Å²) in [5.74, 6) is -0.935. The summed E-state index contributed by atoms with van der Waals surface area (Å²) in [6.07, 6.45) is -21.5. The van der Waals surface area contributed by atoms with Crippen LogP contribution < -0.4 is 0 Å². The summed E-state index contributed by atoms with van der Waals surface area (Å²) < 4.78 is 92.1. The molecule has 0 aromatic rings. The van der Waals surface area contributed by atoms with Crippen molar-refractivity contribution in [3.8, 4) is 0 Å². The normalized spacial score (nSPS) is 16.1. The van der Waals surface area contributed by atoms with Crippen LogP contribution in [0.5, 0.6) is 0 Å². The summed E-state index contributed by atoms with van der Waals surface area (Å²) in [7, 11) is 0. The topological polar surface area (TPSA) is 37.3 Å². The average molecular weight is 302 g/mol. The van der Waals surface area contributed by atoms with Gasteiger partial charge in [-0.2, -0.15) is 13.2 Å². The maximum atomic E-state index is 12.0. The minimum atomic E-state index is -5.67. The minimum absolute atomic E-state index is 0.176. The van der Waals surface area contributed by atoms with Crippen LogP contribution in [0, 0.1) is 0 Å². The first kappa shape index (κ1) is 20.0. The van der Waals surface area contributed by atoms with E-state index in [0.29, 0.717) is 0 Å². The third kappa shape index (κ3) is 8.38. The molecule has 2 nitrogen and oxygen atoms in total. The second kappa shape index (κ2) is 7.95. The number of carbonyl (C=O) groups is 1. The van der Waals surface area contributed by atoms with E-state index in [4.69, 9.17) is 5.11 Å². The van der Waals surface area contributed by atoms with E-state index in [-0.39, 0.29) is 5.57 Å². The highest BCUT2D eigenvalue weighted by Gasteiger charge is 2.51. The molecule has 10 heteroatoms. The molecule has 3 atom stereocenters. The summed E-state index contributed by atoms with van der Waals surface area (Å²) >= 11 is 0. The van der Waals surface area contributed by atoms with Gasteiger partial charge in [-0.1, -0.05) is 6.58 Å². The van der Waals surface area contributed by atoms with Crippen LogP contribution in [0.1, 0.15) is 6.92 Å². The first-order valence-electron chi connectivity index (χ1n) is 4.48. The van der Waals surface area contributed by atoms with Gasteiger partial charge in [-0.3, -0.25) is 0 Å². The highest BCUT2D eigenvalue weighted by Crippen LogP contribution is 2.30. The fourth-order valence-corrected chi connectivity index (χ4v) is 0.481. The molecule has 0 fully saturated rings. The average Bonchev–Trinajstić information content (AvgIpc) is 2.25. The van der Waals surface area contributed by atoms with Crippen LogP contribution in [0.3, 0.4) is 0 Å². The Morgan fingerprint density at radius 1 is 1.05 bits per heavy atom. The molecule has 19 heavy (non-hydrogen) atoms. The molecule has 0 amide bonds. The predicted molar refractivity (Wildman–Crippen MR) is 49.2 cm³/mol. The van der Waals surface area contributed by atoms with Gasteiger partial charge in [0.25, 0.3) is 6.43 Å². The Morgan fingerprint density at radius 3 is 1.53 bits per heavy atom. The lowest BCUT2D eigenvalue weighted by molar-refractivity contribution is -0.207. The van der Waals surface area contributed by atoms with Crippen molar-refractivity contribution in [1.82, 2.24) is 0 Å². The molecule has 0 aliphatic rings. The number of rotatable bonds is 4. The fraction of sp³-hybridized carbons (Fsp3) is 0.667. The second-order valence-electron chi connectivity index (χ2n) is 3.25. The van der Waals surface area contributed by atoms with E-state index in [1.807, 2.05) is 0 Å². The van der Waals surface area contributed by atoms with Crippen molar-refractivity contribution < 1.29 is 45.0 Å². The number of carboxylic acid groups (broad SMARTS) is 1. The largest absolute Gasteiger partial charge is 0.478 e. The maximum Gasteiger partial charge on any atom is 0.422 e. The zero-order chi connectivity index (χ0) is 16.0. The van der Waals surface area contributed by atoms with Gasteiger partial charge in [0, 0.05) is 5.57 Å². The predicted octanol–water partition coefficient (Wildman–Crippen LogP) is 3.48. The highest BCUT2D eigenvalue weighted by atomic mass is 19.4. The molecule has 0 saturated heterocycles. The van der Waals surface area contributed by atoms with E-state index < -0.39 is 37.1 Å². The molecule has 0 saturated carbocycles. The van der Waals surface area contributed by atoms with Crippen LogP contribution in [0.15, 0.2) is 12.2 Å². The van der Waals surface area contributed by atoms with Gasteiger partial charge in [0.15, 0.2) is 12.3 Å². The number of halogens is 8. The lowest BCUT2D eigenvalue weighted by atomic mass is 10.1. The Balaban J connectivity index is 0. The Bertz CT molecular complexity index is 289. The molecule has 0 radical (unpaired) electrons. The number of hydrogen-bond donors (Lipinski definition) is 1. The van der Waals surface area contributed by atoms with Gasteiger partial charge in [0.05, 0.1) is 0 Å². The van der Waals surface area contributed by atoms with Gasteiger partial charge in [-0.15, -0.1) is 0 Å². The smallest absolute Gasteiger partial charge is 0.422 e. The van der Waals surface area contributed by atoms with Crippen molar-refractivity contribution in [1.29, 1.82) is 0 Å². The van der Waals surface area contributed by atoms with Crippen LogP contribution in [0.4, 0.5) is 35.1 Å². The molecule has 0 aliphatic heterocycles. The Hall–Kier alpha value is -1.35. The SMILES string of the molecule is C=C(C)C(=O)O.FC(F)C(F)C(F)C(F)C(F)(F)F. The lowest BCUT2D eigenvalue weighted by Crippen LogP contribution is -2.41. The molecule has 0 bridgehead atoms. The molecule has 114 valence electrons. The van der Waals surface area contributed by atoms with E-state index in [1.165, 1.54) is 6.92 Å². The van der Waals surface area contributed by atoms with E-state index in [9.17, 15) is 39.9 Å². The van der Waals surface area contributed by atoms with Crippen LogP contribution in [0.2, 0.25) is 0 Å². The van der Waals surface area contributed by atoms with Gasteiger partial charge in [0.1, 0.15) is 0 Å². The minimum Gasteiger partial charge on any atom is -0.478 e. The molecule has 0 aliphatic carbocycles. The van der Waals surface area contributed by atoms with Crippen molar-refractivity contribution in [3.05, 3.63) is 12.2 Å². The maximum absolute atomic E-state index is 12.0.